The molecule has 94 valence electrons. The van der Waals surface area contributed by atoms with Gasteiger partial charge in [0, 0.05) is 7.05 Å². The molecule has 1 aliphatic heterocycles. The zero-order valence-corrected chi connectivity index (χ0v) is 8.70. The maximum Gasteiger partial charge on any atom is 0.266 e. The van der Waals surface area contributed by atoms with Crippen molar-refractivity contribution in [1.29, 1.82) is 0 Å². The highest BCUT2D eigenvalue weighted by Gasteiger charge is 2.46. The van der Waals surface area contributed by atoms with E-state index in [4.69, 9.17) is 9.84 Å². The molecule has 0 aliphatic carbocycles. The number of aliphatic hydroxyl groups excluding tert-OH is 4. The van der Waals surface area contributed by atoms with Crippen LogP contribution in [0, 0.1) is 0 Å². The normalized spacial score (nSPS) is 39.4. The number of rotatable bonds is 3. The maximum absolute atomic E-state index is 11.4. The quantitative estimate of drug-likeness (QED) is 0.276. The molecule has 0 spiro atoms. The molecule has 16 heavy (non-hydrogen) atoms. The smallest absolute Gasteiger partial charge is 0.266 e. The molecule has 0 unspecified atom stereocenters. The van der Waals surface area contributed by atoms with Gasteiger partial charge in [-0.05, 0) is 0 Å². The van der Waals surface area contributed by atoms with Gasteiger partial charge in [-0.15, -0.1) is 0 Å². The lowest BCUT2D eigenvalue weighted by Crippen LogP contribution is -2.63. The van der Waals surface area contributed by atoms with Gasteiger partial charge in [-0.3, -0.25) is 10.2 Å². The van der Waals surface area contributed by atoms with Crippen LogP contribution < -0.4 is 10.9 Å². The van der Waals surface area contributed by atoms with E-state index in [2.05, 4.69) is 10.9 Å². The van der Waals surface area contributed by atoms with Crippen molar-refractivity contribution in [2.75, 3.05) is 13.7 Å². The van der Waals surface area contributed by atoms with E-state index in [1.165, 1.54) is 7.05 Å². The van der Waals surface area contributed by atoms with E-state index in [-0.39, 0.29) is 0 Å². The third kappa shape index (κ3) is 2.48. The number of nitrogens with one attached hydrogen (secondary N) is 2. The Morgan fingerprint density at radius 2 is 1.88 bits per heavy atom. The van der Waals surface area contributed by atoms with Crippen molar-refractivity contribution in [3.63, 3.8) is 0 Å². The molecule has 1 heterocycles. The highest BCUT2D eigenvalue weighted by atomic mass is 16.5. The number of aliphatic hydroxyl groups is 4. The molecule has 1 fully saturated rings. The molecule has 0 aromatic rings. The zero-order chi connectivity index (χ0) is 12.3. The monoisotopic (exact) mass is 236 g/mol. The van der Waals surface area contributed by atoms with Crippen molar-refractivity contribution in [1.82, 2.24) is 10.9 Å². The van der Waals surface area contributed by atoms with Crippen LogP contribution in [0.25, 0.3) is 0 Å². The summed E-state index contributed by atoms with van der Waals surface area (Å²) in [7, 11) is 1.45. The van der Waals surface area contributed by atoms with Gasteiger partial charge in [-0.1, -0.05) is 0 Å². The Morgan fingerprint density at radius 3 is 2.38 bits per heavy atom. The van der Waals surface area contributed by atoms with Gasteiger partial charge in [0.05, 0.1) is 6.61 Å². The number of ether oxygens (including phenoxy) is 1. The minimum absolute atomic E-state index is 0.561. The number of carbonyl (C=O) groups excluding carboxylic acids is 1. The molecule has 0 bridgehead atoms. The van der Waals surface area contributed by atoms with Crippen LogP contribution in [0.3, 0.4) is 0 Å². The number of hydrogen-bond donors (Lipinski definition) is 6. The van der Waals surface area contributed by atoms with Gasteiger partial charge in [0.1, 0.15) is 24.4 Å². The molecule has 0 aromatic heterocycles. The molecule has 0 saturated carbocycles. The van der Waals surface area contributed by atoms with Crippen molar-refractivity contribution >= 4 is 5.91 Å². The van der Waals surface area contributed by atoms with Crippen LogP contribution in [-0.4, -0.2) is 70.5 Å². The van der Waals surface area contributed by atoms with E-state index >= 15 is 0 Å². The van der Waals surface area contributed by atoms with E-state index < -0.39 is 43.0 Å². The summed E-state index contributed by atoms with van der Waals surface area (Å²) in [6, 6.07) is 0. The van der Waals surface area contributed by atoms with Gasteiger partial charge >= 0.3 is 0 Å². The highest BCUT2D eigenvalue weighted by molar-refractivity contribution is 5.81. The minimum atomic E-state index is -1.55. The minimum Gasteiger partial charge on any atom is -0.394 e. The van der Waals surface area contributed by atoms with Gasteiger partial charge in [-0.25, -0.2) is 5.43 Å². The largest absolute Gasteiger partial charge is 0.394 e. The SMILES string of the molecule is CNNC(=O)[C@@H]1O[C@H](CO)[C@@H](O)[C@H](O)[C@H]1O. The Hall–Kier alpha value is -0.770. The Bertz CT molecular complexity index is 249. The van der Waals surface area contributed by atoms with Crippen LogP contribution in [0.4, 0.5) is 0 Å². The van der Waals surface area contributed by atoms with Crippen LogP contribution in [0.2, 0.25) is 0 Å². The second-order valence-electron chi connectivity index (χ2n) is 3.49. The number of hydrogen-bond acceptors (Lipinski definition) is 7. The number of hydrazine groups is 1. The predicted molar refractivity (Wildman–Crippen MR) is 51.0 cm³/mol. The second kappa shape index (κ2) is 5.53. The summed E-state index contributed by atoms with van der Waals surface area (Å²) in [5, 5.41) is 37.2. The lowest BCUT2D eigenvalue weighted by Gasteiger charge is -2.39. The fourth-order valence-electron chi connectivity index (χ4n) is 1.51. The topological polar surface area (TPSA) is 131 Å². The maximum atomic E-state index is 11.4. The third-order valence-corrected chi connectivity index (χ3v) is 2.40. The molecule has 0 aromatic carbocycles. The first kappa shape index (κ1) is 13.3. The Labute approximate surface area is 91.8 Å². The van der Waals surface area contributed by atoms with Gasteiger partial charge < -0.3 is 25.2 Å². The highest BCUT2D eigenvalue weighted by Crippen LogP contribution is 2.20. The van der Waals surface area contributed by atoms with E-state index in [1.54, 1.807) is 0 Å². The molecule has 1 rings (SSSR count). The van der Waals surface area contributed by atoms with Crippen LogP contribution in [0.15, 0.2) is 0 Å². The molecule has 8 heteroatoms. The Morgan fingerprint density at radius 1 is 1.25 bits per heavy atom. The van der Waals surface area contributed by atoms with Gasteiger partial charge in [0.25, 0.3) is 5.91 Å². The first-order valence-electron chi connectivity index (χ1n) is 4.80. The molecule has 0 radical (unpaired) electrons. The molecular formula is C8H16N2O6. The van der Waals surface area contributed by atoms with Crippen LogP contribution >= 0.6 is 0 Å². The van der Waals surface area contributed by atoms with Crippen molar-refractivity contribution in [3.8, 4) is 0 Å². The fraction of sp³-hybridized carbons (Fsp3) is 0.875. The molecular weight excluding hydrogens is 220 g/mol. The van der Waals surface area contributed by atoms with E-state index in [0.29, 0.717) is 0 Å². The lowest BCUT2D eigenvalue weighted by molar-refractivity contribution is -0.227. The summed E-state index contributed by atoms with van der Waals surface area (Å²) in [6.07, 6.45) is -6.97. The van der Waals surface area contributed by atoms with Crippen molar-refractivity contribution in [2.24, 2.45) is 0 Å². The van der Waals surface area contributed by atoms with Crippen LogP contribution in [0.5, 0.6) is 0 Å². The average Bonchev–Trinajstić information content (AvgIpc) is 2.27. The first-order chi connectivity index (χ1) is 7.52. The van der Waals surface area contributed by atoms with Gasteiger partial charge in [0.15, 0.2) is 6.10 Å². The van der Waals surface area contributed by atoms with Crippen molar-refractivity contribution in [2.45, 2.75) is 30.5 Å². The summed E-state index contributed by atoms with van der Waals surface area (Å²) in [4.78, 5) is 11.4. The van der Waals surface area contributed by atoms with E-state index in [9.17, 15) is 20.1 Å². The van der Waals surface area contributed by atoms with E-state index in [0.717, 1.165) is 0 Å². The number of amides is 1. The lowest BCUT2D eigenvalue weighted by atomic mass is 9.95. The summed E-state index contributed by atoms with van der Waals surface area (Å²) >= 11 is 0. The zero-order valence-electron chi connectivity index (χ0n) is 8.70. The molecule has 1 aliphatic rings. The van der Waals surface area contributed by atoms with Crippen molar-refractivity contribution in [3.05, 3.63) is 0 Å². The summed E-state index contributed by atoms with van der Waals surface area (Å²) in [5.74, 6) is -0.695. The fourth-order valence-corrected chi connectivity index (χ4v) is 1.51. The van der Waals surface area contributed by atoms with E-state index in [1.807, 2.05) is 0 Å². The van der Waals surface area contributed by atoms with Crippen LogP contribution in [0.1, 0.15) is 0 Å². The van der Waals surface area contributed by atoms with Gasteiger partial charge in [0.2, 0.25) is 0 Å². The first-order valence-corrected chi connectivity index (χ1v) is 4.80. The van der Waals surface area contributed by atoms with Gasteiger partial charge in [-0.2, -0.15) is 0 Å². The average molecular weight is 236 g/mol. The number of carbonyl (C=O) groups is 1. The summed E-state index contributed by atoms with van der Waals surface area (Å²) in [6.45, 7) is -0.561. The summed E-state index contributed by atoms with van der Waals surface area (Å²) in [5.41, 5.74) is 4.52. The molecule has 6 N–H and O–H groups in total. The molecule has 5 atom stereocenters. The molecule has 8 nitrogen and oxygen atoms in total. The molecule has 1 amide bonds. The standard InChI is InChI=1S/C8H16N2O6/c1-9-10-8(15)7-6(14)5(13)4(12)3(2-11)16-7/h3-7,9,11-14H,2H2,1H3,(H,10,15)/t3-,4-,5+,6-,7-/m1/s1. The van der Waals surface area contributed by atoms with Crippen molar-refractivity contribution < 1.29 is 30.0 Å². The summed E-state index contributed by atoms with van der Waals surface area (Å²) < 4.78 is 4.98. The van der Waals surface area contributed by atoms with Crippen LogP contribution in [-0.2, 0) is 9.53 Å². The third-order valence-electron chi connectivity index (χ3n) is 2.40. The Balaban J connectivity index is 2.74. The molecule has 1 saturated heterocycles. The Kier molecular flexibility index (Phi) is 4.59. The predicted octanol–water partition coefficient (Wildman–Crippen LogP) is -3.92. The second-order valence-corrected chi connectivity index (χ2v) is 3.49.